The number of carboxylic acid groups (broad SMARTS) is 1. The summed E-state index contributed by atoms with van der Waals surface area (Å²) in [6, 6.07) is 2.05. The summed E-state index contributed by atoms with van der Waals surface area (Å²) < 4.78 is 1.08. The van der Waals surface area contributed by atoms with E-state index in [1.54, 1.807) is 11.3 Å². The molecule has 2 N–H and O–H groups in total. The van der Waals surface area contributed by atoms with Crippen molar-refractivity contribution in [3.05, 3.63) is 20.8 Å². The Morgan fingerprint density at radius 3 is 2.59 bits per heavy atom. The van der Waals surface area contributed by atoms with Gasteiger partial charge in [-0.05, 0) is 34.8 Å². The molecule has 17 heavy (non-hydrogen) atoms. The van der Waals surface area contributed by atoms with E-state index in [1.807, 2.05) is 19.2 Å². The topological polar surface area (TPSA) is 49.3 Å². The average molecular weight is 320 g/mol. The third-order valence-corrected chi connectivity index (χ3v) is 4.89. The van der Waals surface area contributed by atoms with Crippen molar-refractivity contribution in [1.29, 1.82) is 0 Å². The van der Waals surface area contributed by atoms with Crippen LogP contribution in [0.5, 0.6) is 0 Å². The van der Waals surface area contributed by atoms with Gasteiger partial charge in [-0.25, -0.2) is 0 Å². The Kier molecular flexibility index (Phi) is 5.62. The Hall–Kier alpha value is -0.390. The molecule has 0 bridgehead atoms. The fourth-order valence-corrected chi connectivity index (χ4v) is 3.17. The van der Waals surface area contributed by atoms with Crippen molar-refractivity contribution in [2.24, 2.45) is 5.41 Å². The minimum Gasteiger partial charge on any atom is -0.481 e. The van der Waals surface area contributed by atoms with Gasteiger partial charge in [-0.1, -0.05) is 13.8 Å². The molecule has 1 rings (SSSR count). The van der Waals surface area contributed by atoms with Crippen LogP contribution in [0.3, 0.4) is 0 Å². The maximum atomic E-state index is 11.3. The summed E-state index contributed by atoms with van der Waals surface area (Å²) in [5.74, 6) is -0.706. The normalized spacial score (nSPS) is 11.7. The number of carboxylic acids is 1. The number of hydrogen-bond acceptors (Lipinski definition) is 3. The molecule has 0 fully saturated rings. The summed E-state index contributed by atoms with van der Waals surface area (Å²) in [4.78, 5) is 12.5. The summed E-state index contributed by atoms with van der Waals surface area (Å²) in [6.45, 7) is 5.11. The zero-order valence-corrected chi connectivity index (χ0v) is 12.5. The van der Waals surface area contributed by atoms with Crippen LogP contribution in [0.2, 0.25) is 0 Å². The van der Waals surface area contributed by atoms with Gasteiger partial charge in [-0.2, -0.15) is 0 Å². The Morgan fingerprint density at radius 1 is 1.53 bits per heavy atom. The van der Waals surface area contributed by atoms with Crippen LogP contribution in [0.15, 0.2) is 15.9 Å². The van der Waals surface area contributed by atoms with E-state index in [4.69, 9.17) is 0 Å². The number of halogens is 1. The van der Waals surface area contributed by atoms with Crippen molar-refractivity contribution < 1.29 is 9.90 Å². The van der Waals surface area contributed by atoms with Crippen LogP contribution in [0, 0.1) is 5.41 Å². The minimum atomic E-state index is -0.706. The first-order chi connectivity index (χ1) is 8.04. The fourth-order valence-electron chi connectivity index (χ4n) is 1.75. The van der Waals surface area contributed by atoms with E-state index in [-0.39, 0.29) is 0 Å². The molecule has 0 amide bonds. The van der Waals surface area contributed by atoms with Crippen molar-refractivity contribution in [3.8, 4) is 0 Å². The highest BCUT2D eigenvalue weighted by molar-refractivity contribution is 9.10. The van der Waals surface area contributed by atoms with Crippen molar-refractivity contribution in [1.82, 2.24) is 5.32 Å². The third-order valence-electron chi connectivity index (χ3n) is 3.19. The number of thiophene rings is 1. The molecule has 1 heterocycles. The number of hydrogen-bond donors (Lipinski definition) is 2. The van der Waals surface area contributed by atoms with Gasteiger partial charge < -0.3 is 10.4 Å². The molecule has 0 unspecified atom stereocenters. The molecule has 0 aromatic carbocycles. The van der Waals surface area contributed by atoms with Crippen LogP contribution in [-0.2, 0) is 11.3 Å². The lowest BCUT2D eigenvalue weighted by Gasteiger charge is -2.26. The summed E-state index contributed by atoms with van der Waals surface area (Å²) in [5.41, 5.74) is -0.630. The molecule has 3 nitrogen and oxygen atoms in total. The second kappa shape index (κ2) is 6.52. The SMILES string of the molecule is CCC(CC)(CNCc1cc(Br)cs1)C(=O)O. The Bertz CT molecular complexity index is 374. The lowest BCUT2D eigenvalue weighted by molar-refractivity contribution is -0.149. The molecule has 0 saturated carbocycles. The highest BCUT2D eigenvalue weighted by Crippen LogP contribution is 2.26. The lowest BCUT2D eigenvalue weighted by atomic mass is 9.82. The van der Waals surface area contributed by atoms with E-state index >= 15 is 0 Å². The van der Waals surface area contributed by atoms with Gasteiger partial charge in [0.15, 0.2) is 0 Å². The van der Waals surface area contributed by atoms with Crippen molar-refractivity contribution in [2.45, 2.75) is 33.2 Å². The van der Waals surface area contributed by atoms with Crippen LogP contribution in [0.1, 0.15) is 31.6 Å². The Labute approximate surface area is 114 Å². The minimum absolute atomic E-state index is 0.519. The van der Waals surface area contributed by atoms with E-state index in [2.05, 4.69) is 27.3 Å². The Balaban J connectivity index is 2.50. The number of rotatable bonds is 7. The zero-order chi connectivity index (χ0) is 12.9. The van der Waals surface area contributed by atoms with Crippen LogP contribution in [-0.4, -0.2) is 17.6 Å². The van der Waals surface area contributed by atoms with Gasteiger partial charge in [0, 0.05) is 27.8 Å². The lowest BCUT2D eigenvalue weighted by Crippen LogP contribution is -2.39. The van der Waals surface area contributed by atoms with Gasteiger partial charge >= 0.3 is 5.97 Å². The third kappa shape index (κ3) is 3.79. The number of aliphatic carboxylic acids is 1. The molecule has 0 radical (unpaired) electrons. The van der Waals surface area contributed by atoms with Gasteiger partial charge in [0.25, 0.3) is 0 Å². The molecule has 0 atom stereocenters. The standard InChI is InChI=1S/C12H18BrNO2S/c1-3-12(4-2,11(15)16)8-14-6-10-5-9(13)7-17-10/h5,7,14H,3-4,6,8H2,1-2H3,(H,15,16). The van der Waals surface area contributed by atoms with Crippen molar-refractivity contribution in [3.63, 3.8) is 0 Å². The fraction of sp³-hybridized carbons (Fsp3) is 0.583. The van der Waals surface area contributed by atoms with Crippen molar-refractivity contribution in [2.75, 3.05) is 6.54 Å². The molecule has 0 aliphatic carbocycles. The summed E-state index contributed by atoms with van der Waals surface area (Å²) in [5, 5.41) is 14.6. The molecule has 0 aliphatic rings. The van der Waals surface area contributed by atoms with Crippen LogP contribution in [0.25, 0.3) is 0 Å². The molecule has 0 saturated heterocycles. The molecular formula is C12H18BrNO2S. The van der Waals surface area contributed by atoms with Crippen LogP contribution >= 0.6 is 27.3 Å². The van der Waals surface area contributed by atoms with E-state index in [0.29, 0.717) is 19.4 Å². The van der Waals surface area contributed by atoms with E-state index in [0.717, 1.165) is 11.0 Å². The molecule has 5 heteroatoms. The second-order valence-corrected chi connectivity index (χ2v) is 6.04. The smallest absolute Gasteiger partial charge is 0.310 e. The van der Waals surface area contributed by atoms with Gasteiger partial charge in [-0.3, -0.25) is 4.79 Å². The van der Waals surface area contributed by atoms with E-state index in [1.165, 1.54) is 4.88 Å². The quantitative estimate of drug-likeness (QED) is 0.808. The predicted molar refractivity (Wildman–Crippen MR) is 74.4 cm³/mol. The maximum Gasteiger partial charge on any atom is 0.310 e. The maximum absolute atomic E-state index is 11.3. The first-order valence-corrected chi connectivity index (χ1v) is 7.38. The summed E-state index contributed by atoms with van der Waals surface area (Å²) in [7, 11) is 0. The highest BCUT2D eigenvalue weighted by Gasteiger charge is 2.34. The van der Waals surface area contributed by atoms with E-state index < -0.39 is 11.4 Å². The zero-order valence-electron chi connectivity index (χ0n) is 10.1. The molecule has 0 spiro atoms. The highest BCUT2D eigenvalue weighted by atomic mass is 79.9. The molecular weight excluding hydrogens is 302 g/mol. The second-order valence-electron chi connectivity index (χ2n) is 4.13. The summed E-state index contributed by atoms with van der Waals surface area (Å²) >= 11 is 5.07. The average Bonchev–Trinajstić information content (AvgIpc) is 2.70. The molecule has 0 aliphatic heterocycles. The van der Waals surface area contributed by atoms with Gasteiger partial charge in [0.1, 0.15) is 0 Å². The van der Waals surface area contributed by atoms with Gasteiger partial charge in [0.2, 0.25) is 0 Å². The number of carbonyl (C=O) groups is 1. The van der Waals surface area contributed by atoms with Crippen LogP contribution in [0.4, 0.5) is 0 Å². The first kappa shape index (κ1) is 14.7. The Morgan fingerprint density at radius 2 is 2.18 bits per heavy atom. The predicted octanol–water partition coefficient (Wildman–Crippen LogP) is 3.49. The van der Waals surface area contributed by atoms with Crippen LogP contribution < -0.4 is 5.32 Å². The van der Waals surface area contributed by atoms with Gasteiger partial charge in [-0.15, -0.1) is 11.3 Å². The van der Waals surface area contributed by atoms with Crippen molar-refractivity contribution >= 4 is 33.2 Å². The van der Waals surface area contributed by atoms with E-state index in [9.17, 15) is 9.90 Å². The largest absolute Gasteiger partial charge is 0.481 e. The number of nitrogens with one attached hydrogen (secondary N) is 1. The molecule has 1 aromatic heterocycles. The monoisotopic (exact) mass is 319 g/mol. The summed E-state index contributed by atoms with van der Waals surface area (Å²) in [6.07, 6.45) is 1.31. The molecule has 1 aromatic rings. The van der Waals surface area contributed by atoms with Gasteiger partial charge in [0.05, 0.1) is 5.41 Å². The molecule has 96 valence electrons. The first-order valence-electron chi connectivity index (χ1n) is 5.71.